The summed E-state index contributed by atoms with van der Waals surface area (Å²) in [6.45, 7) is 0. The quantitative estimate of drug-likeness (QED) is 0.685. The average molecular weight is 350 g/mol. The third kappa shape index (κ3) is 3.71. The molecule has 0 atom stereocenters. The van der Waals surface area contributed by atoms with Crippen LogP contribution < -0.4 is 5.32 Å². The van der Waals surface area contributed by atoms with Crippen molar-refractivity contribution in [3.8, 4) is 0 Å². The Hall–Kier alpha value is -1.76. The number of nitrogens with one attached hydrogen (secondary N) is 1. The van der Waals surface area contributed by atoms with Gasteiger partial charge in [-0.15, -0.1) is 23.1 Å². The van der Waals surface area contributed by atoms with Crippen LogP contribution in [0.2, 0.25) is 5.02 Å². The van der Waals surface area contributed by atoms with Gasteiger partial charge in [0, 0.05) is 11.1 Å². The summed E-state index contributed by atoms with van der Waals surface area (Å²) in [6.07, 6.45) is 3.43. The molecule has 0 radical (unpaired) electrons. The molecule has 0 spiro atoms. The Morgan fingerprint density at radius 2 is 2.14 bits per heavy atom. The fourth-order valence-electron chi connectivity index (χ4n) is 1.80. The smallest absolute Gasteiger partial charge is 0.267 e. The van der Waals surface area contributed by atoms with Gasteiger partial charge in [0.25, 0.3) is 5.91 Å². The summed E-state index contributed by atoms with van der Waals surface area (Å²) in [5.41, 5.74) is 0.656. The lowest BCUT2D eigenvalue weighted by Gasteiger charge is -2.02. The molecule has 112 valence electrons. The zero-order valence-electron chi connectivity index (χ0n) is 11.4. The molecule has 0 aliphatic carbocycles. The van der Waals surface area contributed by atoms with Gasteiger partial charge in [-0.1, -0.05) is 29.8 Å². The molecule has 1 amide bonds. The average Bonchev–Trinajstić information content (AvgIpc) is 3.15. The summed E-state index contributed by atoms with van der Waals surface area (Å²) in [6, 6.07) is 11.8. The molecule has 2 heterocycles. The van der Waals surface area contributed by atoms with Crippen molar-refractivity contribution in [1.82, 2.24) is 9.78 Å². The molecule has 0 saturated heterocycles. The van der Waals surface area contributed by atoms with Gasteiger partial charge in [-0.2, -0.15) is 5.10 Å². The summed E-state index contributed by atoms with van der Waals surface area (Å²) >= 11 is 8.94. The molecule has 1 N–H and O–H groups in total. The Morgan fingerprint density at radius 3 is 2.86 bits per heavy atom. The van der Waals surface area contributed by atoms with Crippen LogP contribution in [-0.2, 0) is 5.88 Å². The number of hydrogen-bond donors (Lipinski definition) is 1. The van der Waals surface area contributed by atoms with Crippen LogP contribution >= 0.6 is 34.7 Å². The Balaban J connectivity index is 1.59. The number of thioether (sulfide) groups is 1. The second-order valence-corrected chi connectivity index (χ2v) is 6.75. The van der Waals surface area contributed by atoms with Gasteiger partial charge in [0.05, 0.1) is 22.8 Å². The molecule has 2 aromatic heterocycles. The van der Waals surface area contributed by atoms with Crippen LogP contribution in [0.15, 0.2) is 59.1 Å². The second-order valence-electron chi connectivity index (χ2n) is 4.41. The Morgan fingerprint density at radius 1 is 1.32 bits per heavy atom. The van der Waals surface area contributed by atoms with Crippen molar-refractivity contribution >= 4 is 46.3 Å². The maximum atomic E-state index is 12.1. The van der Waals surface area contributed by atoms with Crippen molar-refractivity contribution in [3.05, 3.63) is 64.1 Å². The Bertz CT molecular complexity index is 770. The predicted molar refractivity (Wildman–Crippen MR) is 91.8 cm³/mol. The van der Waals surface area contributed by atoms with Crippen LogP contribution in [0.5, 0.6) is 0 Å². The number of aromatic nitrogens is 2. The van der Waals surface area contributed by atoms with Crippen molar-refractivity contribution < 1.29 is 4.79 Å². The van der Waals surface area contributed by atoms with E-state index in [-0.39, 0.29) is 5.91 Å². The van der Waals surface area contributed by atoms with Gasteiger partial charge in [-0.3, -0.25) is 9.48 Å². The number of rotatable bonds is 5. The van der Waals surface area contributed by atoms with E-state index >= 15 is 0 Å². The first kappa shape index (κ1) is 15.1. The standard InChI is InChI=1S/C15H12ClN3OS2/c16-13-6-7-21-14(13)15(20)18-11-8-17-19(9-11)10-22-12-4-2-1-3-5-12/h1-9H,10H2,(H,18,20). The summed E-state index contributed by atoms with van der Waals surface area (Å²) < 4.78 is 1.78. The molecule has 3 rings (SSSR count). The van der Waals surface area contributed by atoms with E-state index in [4.69, 9.17) is 11.6 Å². The zero-order chi connectivity index (χ0) is 15.4. The molecule has 1 aromatic carbocycles. The van der Waals surface area contributed by atoms with Gasteiger partial charge in [0.15, 0.2) is 0 Å². The molecule has 3 aromatic rings. The van der Waals surface area contributed by atoms with E-state index in [1.54, 1.807) is 40.3 Å². The maximum absolute atomic E-state index is 12.1. The lowest BCUT2D eigenvalue weighted by atomic mass is 10.4. The van der Waals surface area contributed by atoms with E-state index in [1.807, 2.05) is 18.2 Å². The molecule has 0 unspecified atom stereocenters. The number of carbonyl (C=O) groups excluding carboxylic acids is 1. The van der Waals surface area contributed by atoms with Crippen LogP contribution in [-0.4, -0.2) is 15.7 Å². The van der Waals surface area contributed by atoms with Gasteiger partial charge in [0.2, 0.25) is 0 Å². The minimum absolute atomic E-state index is 0.213. The number of nitrogens with zero attached hydrogens (tertiary/aromatic N) is 2. The summed E-state index contributed by atoms with van der Waals surface area (Å²) in [5, 5.41) is 9.29. The number of anilines is 1. The minimum Gasteiger partial charge on any atom is -0.319 e. The monoisotopic (exact) mass is 349 g/mol. The maximum Gasteiger partial charge on any atom is 0.267 e. The first-order chi connectivity index (χ1) is 10.7. The van der Waals surface area contributed by atoms with Crippen molar-refractivity contribution in [1.29, 1.82) is 0 Å². The number of carbonyl (C=O) groups is 1. The SMILES string of the molecule is O=C(Nc1cnn(CSc2ccccc2)c1)c1sccc1Cl. The van der Waals surface area contributed by atoms with Crippen LogP contribution in [0.25, 0.3) is 0 Å². The van der Waals surface area contributed by atoms with Gasteiger partial charge in [-0.25, -0.2) is 0 Å². The highest BCUT2D eigenvalue weighted by atomic mass is 35.5. The molecule has 0 aliphatic rings. The van der Waals surface area contributed by atoms with E-state index in [9.17, 15) is 4.79 Å². The summed E-state index contributed by atoms with van der Waals surface area (Å²) in [5.74, 6) is 0.467. The highest BCUT2D eigenvalue weighted by molar-refractivity contribution is 7.98. The first-order valence-corrected chi connectivity index (χ1v) is 8.71. The van der Waals surface area contributed by atoms with Gasteiger partial charge >= 0.3 is 0 Å². The van der Waals surface area contributed by atoms with Gasteiger partial charge < -0.3 is 5.32 Å². The van der Waals surface area contributed by atoms with Gasteiger partial charge in [-0.05, 0) is 23.6 Å². The molecule has 0 aliphatic heterocycles. The number of amides is 1. The second kappa shape index (κ2) is 7.00. The van der Waals surface area contributed by atoms with Crippen molar-refractivity contribution in [2.45, 2.75) is 10.8 Å². The highest BCUT2D eigenvalue weighted by Crippen LogP contribution is 2.23. The summed E-state index contributed by atoms with van der Waals surface area (Å²) in [7, 11) is 0. The number of halogens is 1. The van der Waals surface area contributed by atoms with E-state index in [0.717, 1.165) is 0 Å². The van der Waals surface area contributed by atoms with Crippen LogP contribution in [0.1, 0.15) is 9.67 Å². The molecule has 4 nitrogen and oxygen atoms in total. The molecular formula is C15H12ClN3OS2. The van der Waals surface area contributed by atoms with E-state index in [0.29, 0.717) is 21.5 Å². The topological polar surface area (TPSA) is 46.9 Å². The Kier molecular flexibility index (Phi) is 4.82. The molecule has 0 bridgehead atoms. The van der Waals surface area contributed by atoms with E-state index in [2.05, 4.69) is 22.5 Å². The third-order valence-electron chi connectivity index (χ3n) is 2.82. The Labute approximate surface area is 141 Å². The minimum atomic E-state index is -0.213. The summed E-state index contributed by atoms with van der Waals surface area (Å²) in [4.78, 5) is 13.7. The fraction of sp³-hybridized carbons (Fsp3) is 0.0667. The molecule has 0 fully saturated rings. The molecule has 7 heteroatoms. The number of benzene rings is 1. The van der Waals surface area contributed by atoms with Crippen LogP contribution in [0.4, 0.5) is 5.69 Å². The molecule has 22 heavy (non-hydrogen) atoms. The van der Waals surface area contributed by atoms with E-state index < -0.39 is 0 Å². The number of thiophene rings is 1. The first-order valence-electron chi connectivity index (χ1n) is 6.47. The van der Waals surface area contributed by atoms with Gasteiger partial charge in [0.1, 0.15) is 4.88 Å². The van der Waals surface area contributed by atoms with Crippen LogP contribution in [0, 0.1) is 0 Å². The van der Waals surface area contributed by atoms with Crippen LogP contribution in [0.3, 0.4) is 0 Å². The molecule has 0 saturated carbocycles. The largest absolute Gasteiger partial charge is 0.319 e. The fourth-order valence-corrected chi connectivity index (χ4v) is 3.61. The van der Waals surface area contributed by atoms with E-state index in [1.165, 1.54) is 16.2 Å². The zero-order valence-corrected chi connectivity index (χ0v) is 13.8. The van der Waals surface area contributed by atoms with Crippen molar-refractivity contribution in [3.63, 3.8) is 0 Å². The predicted octanol–water partition coefficient (Wildman–Crippen LogP) is 4.60. The lowest BCUT2D eigenvalue weighted by Crippen LogP contribution is -2.10. The lowest BCUT2D eigenvalue weighted by molar-refractivity contribution is 0.103. The van der Waals surface area contributed by atoms with Crippen molar-refractivity contribution in [2.24, 2.45) is 0 Å². The number of hydrogen-bond acceptors (Lipinski definition) is 4. The third-order valence-corrected chi connectivity index (χ3v) is 5.16. The van der Waals surface area contributed by atoms with Crippen molar-refractivity contribution in [2.75, 3.05) is 5.32 Å². The highest BCUT2D eigenvalue weighted by Gasteiger charge is 2.12. The normalized spacial score (nSPS) is 10.6. The molecular weight excluding hydrogens is 338 g/mol.